The van der Waals surface area contributed by atoms with Gasteiger partial charge in [-0.2, -0.15) is 0 Å². The van der Waals surface area contributed by atoms with E-state index in [0.717, 1.165) is 5.39 Å². The van der Waals surface area contributed by atoms with Crippen LogP contribution in [-0.2, 0) is 0 Å². The van der Waals surface area contributed by atoms with E-state index in [1.807, 2.05) is 18.2 Å². The van der Waals surface area contributed by atoms with Gasteiger partial charge in [0.25, 0.3) is 5.91 Å². The number of benzene rings is 2. The summed E-state index contributed by atoms with van der Waals surface area (Å²) >= 11 is 5.52. The van der Waals surface area contributed by atoms with Gasteiger partial charge < -0.3 is 15.3 Å². The molecule has 112 valence electrons. The van der Waals surface area contributed by atoms with E-state index in [-0.39, 0.29) is 11.3 Å². The van der Waals surface area contributed by atoms with Crippen molar-refractivity contribution in [2.45, 2.75) is 0 Å². The first-order valence-corrected chi connectivity index (χ1v) is 6.62. The molecule has 22 heavy (non-hydrogen) atoms. The summed E-state index contributed by atoms with van der Waals surface area (Å²) in [5.41, 5.74) is 5.99. The molecule has 3 N–H and O–H groups in total. The summed E-state index contributed by atoms with van der Waals surface area (Å²) < 4.78 is 5.15. The van der Waals surface area contributed by atoms with Gasteiger partial charge in [0.15, 0.2) is 5.76 Å². The van der Waals surface area contributed by atoms with E-state index in [1.165, 1.54) is 12.1 Å². The van der Waals surface area contributed by atoms with E-state index >= 15 is 0 Å². The summed E-state index contributed by atoms with van der Waals surface area (Å²) in [6.45, 7) is 0. The third-order valence-electron chi connectivity index (χ3n) is 2.76. The lowest BCUT2D eigenvalue weighted by Gasteiger charge is -1.91. The van der Waals surface area contributed by atoms with Gasteiger partial charge in [0.1, 0.15) is 5.58 Å². The minimum absolute atomic E-state index is 0.205. The molecule has 3 rings (SSSR count). The first kappa shape index (κ1) is 15.6. The number of aromatic carboxylic acids is 1. The van der Waals surface area contributed by atoms with E-state index < -0.39 is 11.9 Å². The number of carboxylic acid groups (broad SMARTS) is 1. The third kappa shape index (κ3) is 3.86. The van der Waals surface area contributed by atoms with Crippen molar-refractivity contribution in [2.24, 2.45) is 5.73 Å². The smallest absolute Gasteiger partial charge is 0.335 e. The Labute approximate surface area is 130 Å². The second-order valence-corrected chi connectivity index (χ2v) is 4.76. The van der Waals surface area contributed by atoms with Crippen molar-refractivity contribution < 1.29 is 19.1 Å². The number of halogens is 1. The SMILES string of the molecule is NC(=O)c1cc2ccccc2o1.O=C(O)c1ccc(Cl)cc1. The number of rotatable bonds is 2. The van der Waals surface area contributed by atoms with Crippen LogP contribution in [0.3, 0.4) is 0 Å². The topological polar surface area (TPSA) is 93.5 Å². The Morgan fingerprint density at radius 2 is 1.68 bits per heavy atom. The lowest BCUT2D eigenvalue weighted by molar-refractivity contribution is 0.0696. The molecule has 0 bridgehead atoms. The quantitative estimate of drug-likeness (QED) is 0.755. The Hall–Kier alpha value is -2.79. The number of furan rings is 1. The number of carboxylic acids is 1. The predicted octanol–water partition coefficient (Wildman–Crippen LogP) is 3.57. The number of nitrogens with two attached hydrogens (primary N) is 1. The molecule has 0 aliphatic carbocycles. The van der Waals surface area contributed by atoms with Gasteiger partial charge in [-0.15, -0.1) is 0 Å². The number of carbonyl (C=O) groups excluding carboxylic acids is 1. The number of hydrogen-bond donors (Lipinski definition) is 2. The van der Waals surface area contributed by atoms with Crippen LogP contribution in [0.1, 0.15) is 20.9 Å². The van der Waals surface area contributed by atoms with Gasteiger partial charge in [0.2, 0.25) is 0 Å². The van der Waals surface area contributed by atoms with Crippen LogP contribution in [0.5, 0.6) is 0 Å². The van der Waals surface area contributed by atoms with Crippen LogP contribution < -0.4 is 5.73 Å². The molecule has 0 fully saturated rings. The molecule has 0 aliphatic heterocycles. The van der Waals surface area contributed by atoms with Gasteiger partial charge in [-0.05, 0) is 36.4 Å². The van der Waals surface area contributed by atoms with Crippen molar-refractivity contribution in [2.75, 3.05) is 0 Å². The van der Waals surface area contributed by atoms with Gasteiger partial charge in [0.05, 0.1) is 5.56 Å². The molecule has 0 radical (unpaired) electrons. The molecule has 0 unspecified atom stereocenters. The molecule has 1 heterocycles. The van der Waals surface area contributed by atoms with E-state index in [0.29, 0.717) is 10.6 Å². The van der Waals surface area contributed by atoms with E-state index in [2.05, 4.69) is 0 Å². The highest BCUT2D eigenvalue weighted by Gasteiger charge is 2.06. The molecule has 5 nitrogen and oxygen atoms in total. The fourth-order valence-electron chi connectivity index (χ4n) is 1.70. The van der Waals surface area contributed by atoms with Crippen LogP contribution in [0.2, 0.25) is 5.02 Å². The summed E-state index contributed by atoms with van der Waals surface area (Å²) in [6, 6.07) is 15.0. The van der Waals surface area contributed by atoms with Crippen LogP contribution in [-0.4, -0.2) is 17.0 Å². The first-order valence-electron chi connectivity index (χ1n) is 6.24. The Morgan fingerprint density at radius 1 is 1.05 bits per heavy atom. The van der Waals surface area contributed by atoms with Gasteiger partial charge in [-0.3, -0.25) is 4.79 Å². The summed E-state index contributed by atoms with van der Waals surface area (Å²) in [6.07, 6.45) is 0. The van der Waals surface area contributed by atoms with Crippen molar-refractivity contribution in [1.29, 1.82) is 0 Å². The molecule has 2 aromatic carbocycles. The second-order valence-electron chi connectivity index (χ2n) is 4.32. The molecule has 3 aromatic rings. The predicted molar refractivity (Wildman–Crippen MR) is 83.1 cm³/mol. The van der Waals surface area contributed by atoms with Crippen molar-refractivity contribution >= 4 is 34.4 Å². The van der Waals surface area contributed by atoms with E-state index in [1.54, 1.807) is 24.3 Å². The molecule has 0 spiro atoms. The maximum absolute atomic E-state index is 10.7. The van der Waals surface area contributed by atoms with Crippen molar-refractivity contribution in [3.05, 3.63) is 70.9 Å². The molecule has 1 aromatic heterocycles. The van der Waals surface area contributed by atoms with Crippen LogP contribution in [0, 0.1) is 0 Å². The maximum Gasteiger partial charge on any atom is 0.335 e. The minimum atomic E-state index is -0.934. The number of para-hydroxylation sites is 1. The Morgan fingerprint density at radius 3 is 2.23 bits per heavy atom. The fourth-order valence-corrected chi connectivity index (χ4v) is 1.82. The fraction of sp³-hybridized carbons (Fsp3) is 0. The number of primary amides is 1. The van der Waals surface area contributed by atoms with Crippen LogP contribution in [0.4, 0.5) is 0 Å². The summed E-state index contributed by atoms with van der Waals surface area (Å²) in [5.74, 6) is -1.26. The molecule has 0 atom stereocenters. The largest absolute Gasteiger partial charge is 0.478 e. The Kier molecular flexibility index (Phi) is 4.80. The number of amides is 1. The highest BCUT2D eigenvalue weighted by atomic mass is 35.5. The van der Waals surface area contributed by atoms with E-state index in [4.69, 9.17) is 26.9 Å². The van der Waals surface area contributed by atoms with Crippen LogP contribution >= 0.6 is 11.6 Å². The zero-order valence-corrected chi connectivity index (χ0v) is 12.1. The zero-order chi connectivity index (χ0) is 16.1. The summed E-state index contributed by atoms with van der Waals surface area (Å²) in [4.78, 5) is 21.0. The average molecular weight is 318 g/mol. The van der Waals surface area contributed by atoms with Gasteiger partial charge in [-0.25, -0.2) is 4.79 Å². The molecule has 0 saturated heterocycles. The molecule has 0 aliphatic rings. The average Bonchev–Trinajstić information content (AvgIpc) is 2.92. The summed E-state index contributed by atoms with van der Waals surface area (Å²) in [5, 5.41) is 9.87. The molecular formula is C16H12ClNO4. The highest BCUT2D eigenvalue weighted by molar-refractivity contribution is 6.30. The van der Waals surface area contributed by atoms with Crippen molar-refractivity contribution in [3.63, 3.8) is 0 Å². The normalized spacial score (nSPS) is 9.86. The maximum atomic E-state index is 10.7. The molecular weight excluding hydrogens is 306 g/mol. The second kappa shape index (κ2) is 6.78. The highest BCUT2D eigenvalue weighted by Crippen LogP contribution is 2.17. The van der Waals surface area contributed by atoms with E-state index in [9.17, 15) is 9.59 Å². The van der Waals surface area contributed by atoms with Crippen LogP contribution in [0.25, 0.3) is 11.0 Å². The summed E-state index contributed by atoms with van der Waals surface area (Å²) in [7, 11) is 0. The molecule has 6 heteroatoms. The number of fused-ring (bicyclic) bond motifs is 1. The molecule has 0 saturated carbocycles. The standard InChI is InChI=1S/C9H7NO2.C7H5ClO2/c10-9(11)8-5-6-3-1-2-4-7(6)12-8;8-6-3-1-5(2-4-6)7(9)10/h1-5H,(H2,10,11);1-4H,(H,9,10). The van der Waals surface area contributed by atoms with Crippen molar-refractivity contribution in [1.82, 2.24) is 0 Å². The Bertz CT molecular complexity index is 775. The Balaban J connectivity index is 0.000000164. The minimum Gasteiger partial charge on any atom is -0.478 e. The lowest BCUT2D eigenvalue weighted by Crippen LogP contribution is -2.08. The molecule has 1 amide bonds. The van der Waals surface area contributed by atoms with Crippen LogP contribution in [0.15, 0.2) is 59.0 Å². The monoisotopic (exact) mass is 317 g/mol. The first-order chi connectivity index (χ1) is 10.5. The zero-order valence-electron chi connectivity index (χ0n) is 11.3. The van der Waals surface area contributed by atoms with Gasteiger partial charge in [0, 0.05) is 10.4 Å². The lowest BCUT2D eigenvalue weighted by atomic mass is 10.2. The number of hydrogen-bond acceptors (Lipinski definition) is 3. The van der Waals surface area contributed by atoms with Crippen molar-refractivity contribution in [3.8, 4) is 0 Å². The van der Waals surface area contributed by atoms with Gasteiger partial charge >= 0.3 is 5.97 Å². The van der Waals surface area contributed by atoms with Gasteiger partial charge in [-0.1, -0.05) is 29.8 Å². The number of carbonyl (C=O) groups is 2. The third-order valence-corrected chi connectivity index (χ3v) is 3.01.